The minimum atomic E-state index is 0.193. The molecule has 0 bridgehead atoms. The van der Waals surface area contributed by atoms with Crippen LogP contribution < -0.4 is 0 Å². The summed E-state index contributed by atoms with van der Waals surface area (Å²) in [4.78, 5) is 12.6. The van der Waals surface area contributed by atoms with E-state index in [2.05, 4.69) is 55.4 Å². The molecule has 4 rings (SSSR count). The quantitative estimate of drug-likeness (QED) is 0.468. The molecule has 4 saturated carbocycles. The molecule has 0 aromatic rings. The zero-order valence-electron chi connectivity index (χ0n) is 18.6. The molecule has 0 amide bonds. The zero-order valence-corrected chi connectivity index (χ0v) is 18.6. The van der Waals surface area contributed by atoms with Gasteiger partial charge >= 0.3 is 0 Å². The maximum atomic E-state index is 12.6. The monoisotopic (exact) mass is 358 g/mol. The first-order valence-electron chi connectivity index (χ1n) is 11.4. The lowest BCUT2D eigenvalue weighted by molar-refractivity contribution is -0.219. The smallest absolute Gasteiger partial charge is 0.133 e. The van der Waals surface area contributed by atoms with Crippen LogP contribution in [0.5, 0.6) is 0 Å². The second-order valence-corrected chi connectivity index (χ2v) is 12.5. The molecule has 9 atom stereocenters. The SMILES string of the molecule is CC1CC2(C)C(CCC2(C)C)C2CC(C)C3(C)CC(=O)CC(C)C3(C)C12. The van der Waals surface area contributed by atoms with Crippen molar-refractivity contribution in [2.45, 2.75) is 93.9 Å². The molecule has 148 valence electrons. The number of hydrogen-bond acceptors (Lipinski definition) is 1. The van der Waals surface area contributed by atoms with Crippen LogP contribution in [0.15, 0.2) is 0 Å². The van der Waals surface area contributed by atoms with E-state index >= 15 is 0 Å². The first-order chi connectivity index (χ1) is 11.9. The third-order valence-electron chi connectivity index (χ3n) is 11.5. The van der Waals surface area contributed by atoms with Crippen LogP contribution in [0, 0.1) is 57.2 Å². The largest absolute Gasteiger partial charge is 0.300 e. The Balaban J connectivity index is 1.82. The van der Waals surface area contributed by atoms with Gasteiger partial charge in [-0.3, -0.25) is 4.79 Å². The summed E-state index contributed by atoms with van der Waals surface area (Å²) in [5.74, 6) is 5.08. The summed E-state index contributed by atoms with van der Waals surface area (Å²) >= 11 is 0. The second kappa shape index (κ2) is 5.38. The Bertz CT molecular complexity index is 620. The van der Waals surface area contributed by atoms with Crippen molar-refractivity contribution in [2.75, 3.05) is 0 Å². The highest BCUT2D eigenvalue weighted by Gasteiger charge is 2.69. The van der Waals surface area contributed by atoms with Crippen LogP contribution in [-0.2, 0) is 4.79 Å². The summed E-state index contributed by atoms with van der Waals surface area (Å²) < 4.78 is 0. The highest BCUT2D eigenvalue weighted by Crippen LogP contribution is 2.75. The van der Waals surface area contributed by atoms with Crippen molar-refractivity contribution in [3.63, 3.8) is 0 Å². The lowest BCUT2D eigenvalue weighted by atomic mass is 9.34. The van der Waals surface area contributed by atoms with Gasteiger partial charge in [0.1, 0.15) is 5.78 Å². The molecule has 0 aliphatic heterocycles. The predicted molar refractivity (Wildman–Crippen MR) is 109 cm³/mol. The fraction of sp³-hybridized carbons (Fsp3) is 0.960. The van der Waals surface area contributed by atoms with Crippen LogP contribution in [0.3, 0.4) is 0 Å². The number of carbonyl (C=O) groups excluding carboxylic acids is 1. The molecule has 0 aromatic heterocycles. The fourth-order valence-corrected chi connectivity index (χ4v) is 9.42. The normalized spacial score (nSPS) is 58.7. The van der Waals surface area contributed by atoms with Crippen LogP contribution in [0.2, 0.25) is 0 Å². The molecule has 0 radical (unpaired) electrons. The molecule has 0 saturated heterocycles. The van der Waals surface area contributed by atoms with Gasteiger partial charge in [0.05, 0.1) is 0 Å². The van der Waals surface area contributed by atoms with Gasteiger partial charge in [-0.05, 0) is 82.9 Å². The summed E-state index contributed by atoms with van der Waals surface area (Å²) in [5.41, 5.74) is 1.50. The fourth-order valence-electron chi connectivity index (χ4n) is 9.42. The third kappa shape index (κ3) is 2.02. The van der Waals surface area contributed by atoms with Gasteiger partial charge in [0.15, 0.2) is 0 Å². The van der Waals surface area contributed by atoms with E-state index in [1.807, 2.05) is 0 Å². The number of carbonyl (C=O) groups is 1. The van der Waals surface area contributed by atoms with Gasteiger partial charge in [-0.1, -0.05) is 55.4 Å². The number of fused-ring (bicyclic) bond motifs is 5. The second-order valence-electron chi connectivity index (χ2n) is 12.5. The number of Topliss-reactive ketones (excluding diaryl/α,β-unsaturated/α-hetero) is 1. The Morgan fingerprint density at radius 1 is 0.923 bits per heavy atom. The van der Waals surface area contributed by atoms with Crippen LogP contribution in [-0.4, -0.2) is 5.78 Å². The Morgan fingerprint density at radius 2 is 1.58 bits per heavy atom. The van der Waals surface area contributed by atoms with Crippen molar-refractivity contribution >= 4 is 5.78 Å². The lowest BCUT2D eigenvalue weighted by Gasteiger charge is -2.70. The molecule has 0 heterocycles. The summed E-state index contributed by atoms with van der Waals surface area (Å²) in [6.45, 7) is 20.3. The standard InChI is InChI=1S/C25H42O/c1-15-13-24(7)20(9-10-22(24,4)5)19-12-16(2)23(6)14-18(26)11-17(3)25(23,8)21(15)19/h15-17,19-21H,9-14H2,1-8H3. The van der Waals surface area contributed by atoms with E-state index < -0.39 is 0 Å². The van der Waals surface area contributed by atoms with Crippen LogP contribution in [0.25, 0.3) is 0 Å². The van der Waals surface area contributed by atoms with E-state index in [0.717, 1.165) is 36.5 Å². The maximum Gasteiger partial charge on any atom is 0.133 e. The van der Waals surface area contributed by atoms with Crippen LogP contribution in [0.4, 0.5) is 0 Å². The molecule has 9 unspecified atom stereocenters. The van der Waals surface area contributed by atoms with Gasteiger partial charge in [0, 0.05) is 12.8 Å². The third-order valence-corrected chi connectivity index (χ3v) is 11.5. The van der Waals surface area contributed by atoms with Crippen molar-refractivity contribution in [2.24, 2.45) is 57.2 Å². The minimum absolute atomic E-state index is 0.193. The van der Waals surface area contributed by atoms with Gasteiger partial charge in [-0.15, -0.1) is 0 Å². The highest BCUT2D eigenvalue weighted by molar-refractivity contribution is 5.80. The van der Waals surface area contributed by atoms with Crippen LogP contribution >= 0.6 is 0 Å². The molecule has 26 heavy (non-hydrogen) atoms. The first-order valence-corrected chi connectivity index (χ1v) is 11.4. The maximum absolute atomic E-state index is 12.6. The van der Waals surface area contributed by atoms with E-state index in [1.165, 1.54) is 25.7 Å². The molecule has 0 spiro atoms. The highest BCUT2D eigenvalue weighted by atomic mass is 16.1. The van der Waals surface area contributed by atoms with Crippen molar-refractivity contribution in [1.29, 1.82) is 0 Å². The van der Waals surface area contributed by atoms with Crippen molar-refractivity contribution in [3.05, 3.63) is 0 Å². The average molecular weight is 359 g/mol. The number of hydrogen-bond donors (Lipinski definition) is 0. The van der Waals surface area contributed by atoms with Gasteiger partial charge in [0.25, 0.3) is 0 Å². The number of ketones is 1. The summed E-state index contributed by atoms with van der Waals surface area (Å²) in [7, 11) is 0. The first kappa shape index (κ1) is 19.0. The molecule has 4 aliphatic carbocycles. The lowest BCUT2D eigenvalue weighted by Crippen LogP contribution is -2.65. The molecular formula is C25H42O. The molecule has 1 heteroatoms. The van der Waals surface area contributed by atoms with E-state index in [9.17, 15) is 4.79 Å². The van der Waals surface area contributed by atoms with Gasteiger partial charge in [-0.25, -0.2) is 0 Å². The van der Waals surface area contributed by atoms with E-state index in [0.29, 0.717) is 33.9 Å². The van der Waals surface area contributed by atoms with Crippen LogP contribution in [0.1, 0.15) is 93.9 Å². The van der Waals surface area contributed by atoms with Gasteiger partial charge in [-0.2, -0.15) is 0 Å². The van der Waals surface area contributed by atoms with Crippen molar-refractivity contribution in [3.8, 4) is 0 Å². The topological polar surface area (TPSA) is 17.1 Å². The van der Waals surface area contributed by atoms with Gasteiger partial charge < -0.3 is 0 Å². The van der Waals surface area contributed by atoms with Gasteiger partial charge in [0.2, 0.25) is 0 Å². The Labute approximate surface area is 162 Å². The van der Waals surface area contributed by atoms with Crippen molar-refractivity contribution in [1.82, 2.24) is 0 Å². The minimum Gasteiger partial charge on any atom is -0.300 e. The molecule has 0 aromatic carbocycles. The predicted octanol–water partition coefficient (Wildman–Crippen LogP) is 6.75. The average Bonchev–Trinajstić information content (AvgIpc) is 2.73. The molecule has 4 fully saturated rings. The Hall–Kier alpha value is -0.330. The summed E-state index contributed by atoms with van der Waals surface area (Å²) in [6.07, 6.45) is 7.25. The molecule has 0 N–H and O–H groups in total. The Morgan fingerprint density at radius 3 is 2.23 bits per heavy atom. The van der Waals surface area contributed by atoms with E-state index in [1.54, 1.807) is 0 Å². The van der Waals surface area contributed by atoms with E-state index in [4.69, 9.17) is 0 Å². The molecule has 4 aliphatic rings. The summed E-state index contributed by atoms with van der Waals surface area (Å²) in [6, 6.07) is 0. The number of rotatable bonds is 0. The Kier molecular flexibility index (Phi) is 3.94. The molecule has 1 nitrogen and oxygen atoms in total. The molecular weight excluding hydrogens is 316 g/mol. The zero-order chi connectivity index (χ0) is 19.3. The van der Waals surface area contributed by atoms with Crippen molar-refractivity contribution < 1.29 is 4.79 Å². The summed E-state index contributed by atoms with van der Waals surface area (Å²) in [5, 5.41) is 0. The van der Waals surface area contributed by atoms with E-state index in [-0.39, 0.29) is 5.41 Å².